The quantitative estimate of drug-likeness (QED) is 0.897. The summed E-state index contributed by atoms with van der Waals surface area (Å²) in [6, 6.07) is 5.01. The smallest absolute Gasteiger partial charge is 0.128 e. The van der Waals surface area contributed by atoms with E-state index < -0.39 is 0 Å². The molecule has 19 heavy (non-hydrogen) atoms. The van der Waals surface area contributed by atoms with Crippen LogP contribution in [0.25, 0.3) is 0 Å². The van der Waals surface area contributed by atoms with Gasteiger partial charge < -0.3 is 10.2 Å². The Hall–Kier alpha value is -1.25. The summed E-state index contributed by atoms with van der Waals surface area (Å²) < 4.78 is 0. The van der Waals surface area contributed by atoms with Gasteiger partial charge in [0.05, 0.1) is 11.9 Å². The molecule has 3 nitrogen and oxygen atoms in total. The first-order chi connectivity index (χ1) is 9.31. The second-order valence-corrected chi connectivity index (χ2v) is 6.20. The Bertz CT molecular complexity index is 387. The fraction of sp³-hybridized carbons (Fsp3) is 0.688. The zero-order valence-corrected chi connectivity index (χ0v) is 11.9. The normalized spacial score (nSPS) is 27.5. The highest BCUT2D eigenvalue weighted by Crippen LogP contribution is 2.26. The van der Waals surface area contributed by atoms with Gasteiger partial charge in [-0.05, 0) is 56.6 Å². The van der Waals surface area contributed by atoms with Crippen LogP contribution < -0.4 is 10.2 Å². The highest BCUT2D eigenvalue weighted by Gasteiger charge is 2.18. The van der Waals surface area contributed by atoms with Gasteiger partial charge in [0.15, 0.2) is 0 Å². The monoisotopic (exact) mass is 259 g/mol. The number of aromatic nitrogens is 1. The van der Waals surface area contributed by atoms with E-state index in [4.69, 9.17) is 0 Å². The molecule has 2 heterocycles. The molecule has 1 N–H and O–H groups in total. The molecule has 3 rings (SSSR count). The first-order valence-corrected chi connectivity index (χ1v) is 7.79. The van der Waals surface area contributed by atoms with Crippen molar-refractivity contribution in [3.05, 3.63) is 18.3 Å². The van der Waals surface area contributed by atoms with Crippen molar-refractivity contribution in [3.8, 4) is 0 Å². The lowest BCUT2D eigenvalue weighted by molar-refractivity contribution is 0.361. The van der Waals surface area contributed by atoms with E-state index >= 15 is 0 Å². The van der Waals surface area contributed by atoms with E-state index in [1.807, 2.05) is 6.20 Å². The van der Waals surface area contributed by atoms with E-state index in [0.29, 0.717) is 6.04 Å². The number of anilines is 2. The van der Waals surface area contributed by atoms with Crippen LogP contribution in [0.1, 0.15) is 45.4 Å². The number of rotatable bonds is 3. The predicted octanol–water partition coefficient (Wildman–Crippen LogP) is 3.67. The summed E-state index contributed by atoms with van der Waals surface area (Å²) in [6.45, 7) is 4.70. The highest BCUT2D eigenvalue weighted by atomic mass is 15.2. The van der Waals surface area contributed by atoms with Gasteiger partial charge in [0.1, 0.15) is 5.82 Å². The zero-order valence-electron chi connectivity index (χ0n) is 11.9. The Morgan fingerprint density at radius 3 is 2.47 bits per heavy atom. The number of hydrogen-bond donors (Lipinski definition) is 1. The Morgan fingerprint density at radius 2 is 1.84 bits per heavy atom. The third-order valence-corrected chi connectivity index (χ3v) is 4.56. The van der Waals surface area contributed by atoms with Crippen LogP contribution >= 0.6 is 0 Å². The first-order valence-electron chi connectivity index (χ1n) is 7.79. The summed E-state index contributed by atoms with van der Waals surface area (Å²) >= 11 is 0. The maximum Gasteiger partial charge on any atom is 0.128 e. The van der Waals surface area contributed by atoms with Crippen molar-refractivity contribution in [3.63, 3.8) is 0 Å². The number of nitrogens with one attached hydrogen (secondary N) is 1. The van der Waals surface area contributed by atoms with Crippen LogP contribution in [0.3, 0.4) is 0 Å². The molecular weight excluding hydrogens is 234 g/mol. The van der Waals surface area contributed by atoms with Crippen LogP contribution in [0.4, 0.5) is 11.5 Å². The second-order valence-electron chi connectivity index (χ2n) is 6.20. The Labute approximate surface area is 116 Å². The lowest BCUT2D eigenvalue weighted by Gasteiger charge is -2.27. The molecule has 104 valence electrons. The van der Waals surface area contributed by atoms with Gasteiger partial charge in [-0.2, -0.15) is 0 Å². The Balaban J connectivity index is 1.56. The molecule has 0 unspecified atom stereocenters. The van der Waals surface area contributed by atoms with Crippen molar-refractivity contribution in [2.45, 2.75) is 51.5 Å². The second kappa shape index (κ2) is 5.81. The van der Waals surface area contributed by atoms with Crippen molar-refractivity contribution in [1.82, 2.24) is 4.98 Å². The van der Waals surface area contributed by atoms with Crippen molar-refractivity contribution in [2.75, 3.05) is 23.3 Å². The van der Waals surface area contributed by atoms with Crippen molar-refractivity contribution in [2.24, 2.45) is 5.92 Å². The van der Waals surface area contributed by atoms with Gasteiger partial charge in [-0.3, -0.25) is 0 Å². The number of hydrogen-bond acceptors (Lipinski definition) is 3. The van der Waals surface area contributed by atoms with E-state index in [1.54, 1.807) is 0 Å². The van der Waals surface area contributed by atoms with Gasteiger partial charge in [0, 0.05) is 19.1 Å². The average molecular weight is 259 g/mol. The average Bonchev–Trinajstić information content (AvgIpc) is 2.96. The minimum atomic E-state index is 0.649. The third-order valence-electron chi connectivity index (χ3n) is 4.56. The molecule has 0 aromatic carbocycles. The lowest BCUT2D eigenvalue weighted by Crippen LogP contribution is -2.25. The molecule has 2 fully saturated rings. The van der Waals surface area contributed by atoms with Crippen LogP contribution in [0, 0.1) is 5.92 Å². The molecule has 1 aliphatic heterocycles. The molecule has 0 atom stereocenters. The molecule has 3 heteroatoms. The molecule has 1 aliphatic carbocycles. The molecule has 1 aromatic heterocycles. The standard InChI is InChI=1S/C16H25N3/c1-13-4-6-14(7-5-13)18-15-8-9-16(17-12-15)19-10-2-3-11-19/h8-9,12-14,18H,2-7,10-11H2,1H3. The summed E-state index contributed by atoms with van der Waals surface area (Å²) in [7, 11) is 0. The highest BCUT2D eigenvalue weighted by molar-refractivity contribution is 5.49. The predicted molar refractivity (Wildman–Crippen MR) is 80.7 cm³/mol. The summed E-state index contributed by atoms with van der Waals surface area (Å²) in [6.07, 6.45) is 9.94. The van der Waals surface area contributed by atoms with Gasteiger partial charge >= 0.3 is 0 Å². The molecule has 0 bridgehead atoms. The van der Waals surface area contributed by atoms with Gasteiger partial charge in [-0.1, -0.05) is 6.92 Å². The van der Waals surface area contributed by atoms with Crippen LogP contribution in [0.5, 0.6) is 0 Å². The van der Waals surface area contributed by atoms with E-state index in [1.165, 1.54) is 57.3 Å². The summed E-state index contributed by atoms with van der Waals surface area (Å²) in [5.41, 5.74) is 1.18. The van der Waals surface area contributed by atoms with Crippen molar-refractivity contribution in [1.29, 1.82) is 0 Å². The van der Waals surface area contributed by atoms with Crippen LogP contribution in [-0.4, -0.2) is 24.1 Å². The summed E-state index contributed by atoms with van der Waals surface area (Å²) in [5.74, 6) is 2.05. The molecular formula is C16H25N3. The van der Waals surface area contributed by atoms with Crippen LogP contribution in [0.15, 0.2) is 18.3 Å². The molecule has 0 spiro atoms. The van der Waals surface area contributed by atoms with Crippen molar-refractivity contribution >= 4 is 11.5 Å². The van der Waals surface area contributed by atoms with Gasteiger partial charge in [-0.25, -0.2) is 4.98 Å². The molecule has 0 amide bonds. The number of pyridine rings is 1. The largest absolute Gasteiger partial charge is 0.381 e. The first kappa shape index (κ1) is 12.8. The number of nitrogens with zero attached hydrogens (tertiary/aromatic N) is 2. The molecule has 1 aromatic rings. The summed E-state index contributed by atoms with van der Waals surface area (Å²) in [5, 5.41) is 3.64. The topological polar surface area (TPSA) is 28.2 Å². The maximum atomic E-state index is 4.60. The van der Waals surface area contributed by atoms with Gasteiger partial charge in [-0.15, -0.1) is 0 Å². The maximum absolute atomic E-state index is 4.60. The third kappa shape index (κ3) is 3.20. The Kier molecular flexibility index (Phi) is 3.90. The van der Waals surface area contributed by atoms with Gasteiger partial charge in [0.2, 0.25) is 0 Å². The summed E-state index contributed by atoms with van der Waals surface area (Å²) in [4.78, 5) is 6.99. The fourth-order valence-corrected chi connectivity index (χ4v) is 3.24. The van der Waals surface area contributed by atoms with E-state index in [2.05, 4.69) is 34.3 Å². The molecule has 2 aliphatic rings. The Morgan fingerprint density at radius 1 is 1.11 bits per heavy atom. The molecule has 1 saturated heterocycles. The lowest BCUT2D eigenvalue weighted by atomic mass is 9.87. The zero-order chi connectivity index (χ0) is 13.1. The van der Waals surface area contributed by atoms with E-state index in [-0.39, 0.29) is 0 Å². The molecule has 0 radical (unpaired) electrons. The van der Waals surface area contributed by atoms with Crippen LogP contribution in [0.2, 0.25) is 0 Å². The minimum absolute atomic E-state index is 0.649. The molecule has 1 saturated carbocycles. The van der Waals surface area contributed by atoms with Crippen molar-refractivity contribution < 1.29 is 0 Å². The minimum Gasteiger partial charge on any atom is -0.381 e. The van der Waals surface area contributed by atoms with Gasteiger partial charge in [0.25, 0.3) is 0 Å². The van der Waals surface area contributed by atoms with E-state index in [0.717, 1.165) is 11.7 Å². The fourth-order valence-electron chi connectivity index (χ4n) is 3.24. The van der Waals surface area contributed by atoms with E-state index in [9.17, 15) is 0 Å². The van der Waals surface area contributed by atoms with Crippen LogP contribution in [-0.2, 0) is 0 Å². The SMILES string of the molecule is CC1CCC(Nc2ccc(N3CCCC3)nc2)CC1.